The summed E-state index contributed by atoms with van der Waals surface area (Å²) in [6.07, 6.45) is 0. The van der Waals surface area contributed by atoms with Crippen molar-refractivity contribution in [3.8, 4) is 0 Å². The smallest absolute Gasteiger partial charge is 0.263 e. The third-order valence-electron chi connectivity index (χ3n) is 1.86. The number of nitrogens with zero attached hydrogens (tertiary/aromatic N) is 3. The maximum absolute atomic E-state index is 11.4. The van der Waals surface area contributed by atoms with E-state index in [9.17, 15) is 25.0 Å². The molecule has 1 aromatic rings. The predicted octanol–water partition coefficient (Wildman–Crippen LogP) is 0.859. The van der Waals surface area contributed by atoms with E-state index in [1.54, 1.807) is 0 Å². The van der Waals surface area contributed by atoms with Gasteiger partial charge in [-0.2, -0.15) is 0 Å². The first-order valence-electron chi connectivity index (χ1n) is 4.10. The highest BCUT2D eigenvalue weighted by Crippen LogP contribution is 2.12. The molecule has 0 radical (unpaired) electrons. The van der Waals surface area contributed by atoms with Gasteiger partial charge in [0.05, 0.1) is 12.0 Å². The second kappa shape index (κ2) is 4.34. The molecule has 0 aromatic heterocycles. The van der Waals surface area contributed by atoms with Crippen LogP contribution in [0.5, 0.6) is 0 Å². The monoisotopic (exact) mass is 225 g/mol. The fourth-order valence-electron chi connectivity index (χ4n) is 0.987. The fourth-order valence-corrected chi connectivity index (χ4v) is 0.987. The Morgan fingerprint density at radius 3 is 2.06 bits per heavy atom. The lowest BCUT2D eigenvalue weighted by atomic mass is 10.2. The van der Waals surface area contributed by atoms with E-state index in [1.807, 2.05) is 0 Å². The number of carbonyl (C=O) groups is 1. The summed E-state index contributed by atoms with van der Waals surface area (Å²) in [7, 11) is 1.00. The first-order valence-corrected chi connectivity index (χ1v) is 4.10. The Hall–Kier alpha value is -2.51. The van der Waals surface area contributed by atoms with Gasteiger partial charge in [-0.25, -0.2) is 10.1 Å². The number of nitro benzene ring substituents is 1. The van der Waals surface area contributed by atoms with Gasteiger partial charge >= 0.3 is 5.91 Å². The highest BCUT2D eigenvalue weighted by atomic mass is 16.7. The van der Waals surface area contributed by atoms with Crippen LogP contribution in [0, 0.1) is 20.2 Å². The molecule has 0 saturated carbocycles. The summed E-state index contributed by atoms with van der Waals surface area (Å²) in [5, 5.41) is 20.1. The SMILES string of the molecule is CN(C(=O)c1ccc([N+](=O)[O-])cc1)[N+](=O)[O-]. The van der Waals surface area contributed by atoms with Crippen LogP contribution in [0.25, 0.3) is 0 Å². The number of hydrogen-bond donors (Lipinski definition) is 0. The molecule has 0 atom stereocenters. The van der Waals surface area contributed by atoms with Gasteiger partial charge in [0, 0.05) is 17.7 Å². The zero-order chi connectivity index (χ0) is 12.3. The van der Waals surface area contributed by atoms with Crippen molar-refractivity contribution in [1.82, 2.24) is 5.01 Å². The lowest BCUT2D eigenvalue weighted by Gasteiger charge is -2.05. The van der Waals surface area contributed by atoms with Gasteiger partial charge in [0.25, 0.3) is 5.69 Å². The van der Waals surface area contributed by atoms with Crippen LogP contribution in [0.2, 0.25) is 0 Å². The number of carbonyl (C=O) groups excluding carboxylic acids is 1. The van der Waals surface area contributed by atoms with Crippen LogP contribution in [-0.2, 0) is 0 Å². The second-order valence-electron chi connectivity index (χ2n) is 2.87. The van der Waals surface area contributed by atoms with Gasteiger partial charge in [0.1, 0.15) is 0 Å². The molecule has 0 aliphatic heterocycles. The van der Waals surface area contributed by atoms with Crippen molar-refractivity contribution in [1.29, 1.82) is 0 Å². The van der Waals surface area contributed by atoms with E-state index in [0.717, 1.165) is 19.2 Å². The molecule has 0 spiro atoms. The Morgan fingerprint density at radius 1 is 1.19 bits per heavy atom. The average molecular weight is 225 g/mol. The first kappa shape index (κ1) is 11.6. The van der Waals surface area contributed by atoms with E-state index in [0.29, 0.717) is 5.01 Å². The maximum Gasteiger partial charge on any atom is 0.313 e. The first-order chi connectivity index (χ1) is 7.43. The van der Waals surface area contributed by atoms with Crippen molar-refractivity contribution in [2.24, 2.45) is 0 Å². The number of nitro groups is 2. The van der Waals surface area contributed by atoms with Gasteiger partial charge < -0.3 is 0 Å². The molecule has 8 heteroatoms. The Balaban J connectivity index is 2.94. The normalized spacial score (nSPS) is 9.56. The van der Waals surface area contributed by atoms with Gasteiger partial charge in [-0.1, -0.05) is 5.01 Å². The van der Waals surface area contributed by atoms with Crippen LogP contribution < -0.4 is 0 Å². The summed E-state index contributed by atoms with van der Waals surface area (Å²) in [5.41, 5.74) is -0.162. The third-order valence-corrected chi connectivity index (χ3v) is 1.86. The van der Waals surface area contributed by atoms with E-state index >= 15 is 0 Å². The maximum atomic E-state index is 11.4. The number of rotatable bonds is 3. The zero-order valence-electron chi connectivity index (χ0n) is 8.19. The van der Waals surface area contributed by atoms with Gasteiger partial charge in [-0.05, 0) is 12.1 Å². The predicted molar refractivity (Wildman–Crippen MR) is 52.2 cm³/mol. The minimum atomic E-state index is -0.871. The van der Waals surface area contributed by atoms with Crippen LogP contribution in [0.3, 0.4) is 0 Å². The van der Waals surface area contributed by atoms with Gasteiger partial charge in [0.15, 0.2) is 5.03 Å². The molecule has 8 nitrogen and oxygen atoms in total. The molecule has 16 heavy (non-hydrogen) atoms. The number of amides is 1. The Kier molecular flexibility index (Phi) is 3.14. The molecule has 1 rings (SSSR count). The molecular weight excluding hydrogens is 218 g/mol. The number of hydrazine groups is 1. The molecule has 0 unspecified atom stereocenters. The molecule has 0 aliphatic rings. The lowest BCUT2D eigenvalue weighted by molar-refractivity contribution is -0.625. The molecule has 84 valence electrons. The molecule has 0 heterocycles. The summed E-state index contributed by atoms with van der Waals surface area (Å²) in [4.78, 5) is 31.4. The van der Waals surface area contributed by atoms with E-state index in [2.05, 4.69) is 0 Å². The van der Waals surface area contributed by atoms with E-state index < -0.39 is 15.9 Å². The molecule has 0 aliphatic carbocycles. The van der Waals surface area contributed by atoms with Crippen molar-refractivity contribution in [3.63, 3.8) is 0 Å². The lowest BCUT2D eigenvalue weighted by Crippen LogP contribution is -2.32. The minimum absolute atomic E-state index is 0.0183. The van der Waals surface area contributed by atoms with Gasteiger partial charge in [-0.3, -0.25) is 14.9 Å². The molecule has 0 N–H and O–H groups in total. The Labute approximate surface area is 89.4 Å². The molecule has 0 bridgehead atoms. The summed E-state index contributed by atoms with van der Waals surface area (Å²) in [6.45, 7) is 0. The summed E-state index contributed by atoms with van der Waals surface area (Å²) in [5.74, 6) is -0.833. The van der Waals surface area contributed by atoms with Crippen LogP contribution >= 0.6 is 0 Å². The quantitative estimate of drug-likeness (QED) is 0.560. The Bertz CT molecular complexity index is 441. The van der Waals surface area contributed by atoms with Crippen LogP contribution in [-0.4, -0.2) is 27.9 Å². The van der Waals surface area contributed by atoms with Crippen molar-refractivity contribution in [3.05, 3.63) is 50.1 Å². The number of benzene rings is 1. The van der Waals surface area contributed by atoms with Crippen molar-refractivity contribution >= 4 is 11.6 Å². The second-order valence-corrected chi connectivity index (χ2v) is 2.87. The summed E-state index contributed by atoms with van der Waals surface area (Å²) < 4.78 is 0. The largest absolute Gasteiger partial charge is 0.313 e. The van der Waals surface area contributed by atoms with E-state index in [4.69, 9.17) is 0 Å². The molecule has 1 aromatic carbocycles. The highest BCUT2D eigenvalue weighted by molar-refractivity contribution is 5.93. The average Bonchev–Trinajstić information content (AvgIpc) is 2.27. The zero-order valence-corrected chi connectivity index (χ0v) is 8.19. The van der Waals surface area contributed by atoms with Crippen molar-refractivity contribution in [2.45, 2.75) is 0 Å². The molecule has 1 amide bonds. The van der Waals surface area contributed by atoms with Crippen molar-refractivity contribution < 1.29 is 14.8 Å². The van der Waals surface area contributed by atoms with Crippen LogP contribution in [0.15, 0.2) is 24.3 Å². The van der Waals surface area contributed by atoms with Gasteiger partial charge in [-0.15, -0.1) is 0 Å². The number of non-ortho nitro benzene ring substituents is 1. The highest BCUT2D eigenvalue weighted by Gasteiger charge is 2.20. The molecule has 0 fully saturated rings. The van der Waals surface area contributed by atoms with Crippen LogP contribution in [0.4, 0.5) is 5.69 Å². The van der Waals surface area contributed by atoms with Crippen LogP contribution in [0.1, 0.15) is 10.4 Å². The van der Waals surface area contributed by atoms with E-state index in [-0.39, 0.29) is 11.3 Å². The summed E-state index contributed by atoms with van der Waals surface area (Å²) in [6, 6.07) is 4.56. The molecular formula is C8H7N3O5. The standard InChI is InChI=1S/C8H7N3O5/c1-9(11(15)16)8(12)6-2-4-7(5-3-6)10(13)14/h2-5H,1H3. The topological polar surface area (TPSA) is 107 Å². The van der Waals surface area contributed by atoms with Gasteiger partial charge in [0.2, 0.25) is 0 Å². The van der Waals surface area contributed by atoms with E-state index in [1.165, 1.54) is 12.1 Å². The molecule has 0 saturated heterocycles. The fraction of sp³-hybridized carbons (Fsp3) is 0.125. The minimum Gasteiger partial charge on any atom is -0.263 e. The van der Waals surface area contributed by atoms with Crippen molar-refractivity contribution in [2.75, 3.05) is 7.05 Å². The third kappa shape index (κ3) is 2.29. The summed E-state index contributed by atoms with van der Waals surface area (Å²) >= 11 is 0. The number of hydrogen-bond acceptors (Lipinski definition) is 5. The Morgan fingerprint density at radius 2 is 1.69 bits per heavy atom.